The number of carboxylic acid groups (broad SMARTS) is 1. The molecule has 0 aromatic heterocycles. The second-order valence-corrected chi connectivity index (χ2v) is 5.32. The van der Waals surface area contributed by atoms with Crippen LogP contribution in [0.1, 0.15) is 34.3 Å². The Labute approximate surface area is 113 Å². The van der Waals surface area contributed by atoms with E-state index in [1.54, 1.807) is 6.07 Å². The van der Waals surface area contributed by atoms with Gasteiger partial charge in [0.1, 0.15) is 6.54 Å². The summed E-state index contributed by atoms with van der Waals surface area (Å²) in [5.74, 6) is -0.662. The number of aryl methyl sites for hydroxylation is 2. The summed E-state index contributed by atoms with van der Waals surface area (Å²) in [6, 6.07) is 5.50. The van der Waals surface area contributed by atoms with Crippen molar-refractivity contribution in [3.63, 3.8) is 0 Å². The van der Waals surface area contributed by atoms with Crippen LogP contribution in [-0.4, -0.2) is 35.0 Å². The molecule has 0 heterocycles. The fourth-order valence-corrected chi connectivity index (χ4v) is 2.05. The highest BCUT2D eigenvalue weighted by molar-refractivity contribution is 5.96. The minimum Gasteiger partial charge on any atom is -0.480 e. The highest BCUT2D eigenvalue weighted by Crippen LogP contribution is 2.30. The molecule has 2 rings (SSSR count). The molecule has 0 bridgehead atoms. The van der Waals surface area contributed by atoms with Gasteiger partial charge in [-0.05, 0) is 55.9 Å². The van der Waals surface area contributed by atoms with Crippen LogP contribution in [0.15, 0.2) is 18.2 Å². The fourth-order valence-electron chi connectivity index (χ4n) is 2.05. The van der Waals surface area contributed by atoms with Crippen LogP contribution in [0.2, 0.25) is 0 Å². The molecule has 102 valence electrons. The molecule has 0 radical (unpaired) electrons. The van der Waals surface area contributed by atoms with Gasteiger partial charge in [-0.15, -0.1) is 0 Å². The summed E-state index contributed by atoms with van der Waals surface area (Å²) in [6.45, 7) is 4.28. The van der Waals surface area contributed by atoms with Crippen molar-refractivity contribution in [3.05, 3.63) is 34.9 Å². The lowest BCUT2D eigenvalue weighted by Crippen LogP contribution is -2.37. The Hall–Kier alpha value is -1.84. The Morgan fingerprint density at radius 2 is 1.95 bits per heavy atom. The molecule has 4 heteroatoms. The Morgan fingerprint density at radius 1 is 1.26 bits per heavy atom. The number of hydrogen-bond donors (Lipinski definition) is 1. The van der Waals surface area contributed by atoms with E-state index in [0.29, 0.717) is 18.0 Å². The molecule has 1 aromatic carbocycles. The maximum atomic E-state index is 12.4. The average molecular weight is 261 g/mol. The highest BCUT2D eigenvalue weighted by Gasteiger charge is 2.28. The zero-order valence-corrected chi connectivity index (χ0v) is 11.3. The van der Waals surface area contributed by atoms with Gasteiger partial charge < -0.3 is 10.0 Å². The van der Waals surface area contributed by atoms with Crippen LogP contribution >= 0.6 is 0 Å². The summed E-state index contributed by atoms with van der Waals surface area (Å²) >= 11 is 0. The predicted molar refractivity (Wildman–Crippen MR) is 72.2 cm³/mol. The molecule has 0 saturated heterocycles. The Kier molecular flexibility index (Phi) is 3.88. The third kappa shape index (κ3) is 3.56. The lowest BCUT2D eigenvalue weighted by atomic mass is 10.1. The van der Waals surface area contributed by atoms with E-state index in [4.69, 9.17) is 5.11 Å². The molecule has 1 aromatic rings. The number of amides is 1. The summed E-state index contributed by atoms with van der Waals surface area (Å²) in [5, 5.41) is 8.92. The van der Waals surface area contributed by atoms with Crippen LogP contribution < -0.4 is 0 Å². The van der Waals surface area contributed by atoms with E-state index in [9.17, 15) is 9.59 Å². The van der Waals surface area contributed by atoms with Crippen molar-refractivity contribution >= 4 is 11.9 Å². The number of rotatable bonds is 5. The molecule has 1 aliphatic carbocycles. The lowest BCUT2D eigenvalue weighted by molar-refractivity contribution is -0.137. The van der Waals surface area contributed by atoms with Crippen molar-refractivity contribution in [2.24, 2.45) is 5.92 Å². The summed E-state index contributed by atoms with van der Waals surface area (Å²) in [7, 11) is 0. The number of nitrogens with zero attached hydrogens (tertiary/aromatic N) is 1. The fraction of sp³-hybridized carbons (Fsp3) is 0.467. The molecular formula is C15H19NO3. The zero-order valence-electron chi connectivity index (χ0n) is 11.3. The number of benzene rings is 1. The Morgan fingerprint density at radius 3 is 2.47 bits per heavy atom. The van der Waals surface area contributed by atoms with Gasteiger partial charge in [0.05, 0.1) is 0 Å². The van der Waals surface area contributed by atoms with Crippen LogP contribution in [0, 0.1) is 19.8 Å². The standard InChI is InChI=1S/C15H19NO3/c1-10-3-6-13(7-11(10)2)15(19)16(9-14(17)18)8-12-4-5-12/h3,6-7,12H,4-5,8-9H2,1-2H3,(H,17,18). The molecule has 0 spiro atoms. The van der Waals surface area contributed by atoms with E-state index < -0.39 is 5.97 Å². The molecule has 1 fully saturated rings. The van der Waals surface area contributed by atoms with Gasteiger partial charge >= 0.3 is 5.97 Å². The second-order valence-electron chi connectivity index (χ2n) is 5.32. The average Bonchev–Trinajstić information content (AvgIpc) is 3.14. The first-order valence-corrected chi connectivity index (χ1v) is 6.55. The topological polar surface area (TPSA) is 57.6 Å². The molecule has 1 saturated carbocycles. The lowest BCUT2D eigenvalue weighted by Gasteiger charge is -2.21. The quantitative estimate of drug-likeness (QED) is 0.884. The van der Waals surface area contributed by atoms with Crippen molar-refractivity contribution < 1.29 is 14.7 Å². The number of aliphatic carboxylic acids is 1. The second kappa shape index (κ2) is 5.43. The predicted octanol–water partition coefficient (Wildman–Crippen LogP) is 2.24. The van der Waals surface area contributed by atoms with Gasteiger partial charge in [0.25, 0.3) is 5.91 Å². The van der Waals surface area contributed by atoms with Gasteiger partial charge in [-0.3, -0.25) is 9.59 Å². The van der Waals surface area contributed by atoms with E-state index in [2.05, 4.69) is 0 Å². The van der Waals surface area contributed by atoms with Crippen LogP contribution in [0.3, 0.4) is 0 Å². The van der Waals surface area contributed by atoms with Crippen LogP contribution in [0.5, 0.6) is 0 Å². The van der Waals surface area contributed by atoms with Gasteiger partial charge in [-0.1, -0.05) is 6.07 Å². The van der Waals surface area contributed by atoms with Crippen LogP contribution in [0.25, 0.3) is 0 Å². The molecule has 0 atom stereocenters. The smallest absolute Gasteiger partial charge is 0.323 e. The molecule has 19 heavy (non-hydrogen) atoms. The maximum Gasteiger partial charge on any atom is 0.323 e. The molecule has 4 nitrogen and oxygen atoms in total. The van der Waals surface area contributed by atoms with E-state index in [1.807, 2.05) is 26.0 Å². The van der Waals surface area contributed by atoms with Crippen LogP contribution in [-0.2, 0) is 4.79 Å². The first kappa shape index (κ1) is 13.6. The van der Waals surface area contributed by atoms with Gasteiger partial charge in [0.2, 0.25) is 0 Å². The minimum atomic E-state index is -0.960. The zero-order chi connectivity index (χ0) is 14.0. The number of carbonyl (C=O) groups excluding carboxylic acids is 1. The summed E-state index contributed by atoms with van der Waals surface area (Å²) < 4.78 is 0. The largest absolute Gasteiger partial charge is 0.480 e. The van der Waals surface area contributed by atoms with E-state index in [0.717, 1.165) is 24.0 Å². The van der Waals surface area contributed by atoms with Crippen molar-refractivity contribution in [3.8, 4) is 0 Å². The van der Waals surface area contributed by atoms with Crippen molar-refractivity contribution in [1.82, 2.24) is 4.90 Å². The first-order chi connectivity index (χ1) is 8.97. The Bertz CT molecular complexity index is 506. The monoisotopic (exact) mass is 261 g/mol. The first-order valence-electron chi connectivity index (χ1n) is 6.55. The van der Waals surface area contributed by atoms with E-state index >= 15 is 0 Å². The highest BCUT2D eigenvalue weighted by atomic mass is 16.4. The third-order valence-corrected chi connectivity index (χ3v) is 3.54. The number of carboxylic acids is 1. The van der Waals surface area contributed by atoms with E-state index in [-0.39, 0.29) is 12.5 Å². The molecule has 0 unspecified atom stereocenters. The number of carbonyl (C=O) groups is 2. The normalized spacial score (nSPS) is 14.2. The van der Waals surface area contributed by atoms with E-state index in [1.165, 1.54) is 4.90 Å². The van der Waals surface area contributed by atoms with Crippen LogP contribution in [0.4, 0.5) is 0 Å². The van der Waals surface area contributed by atoms with Gasteiger partial charge in [0, 0.05) is 12.1 Å². The number of hydrogen-bond acceptors (Lipinski definition) is 2. The molecule has 1 amide bonds. The van der Waals surface area contributed by atoms with Gasteiger partial charge in [-0.2, -0.15) is 0 Å². The van der Waals surface area contributed by atoms with Gasteiger partial charge in [-0.25, -0.2) is 0 Å². The Balaban J connectivity index is 2.16. The third-order valence-electron chi connectivity index (χ3n) is 3.54. The SMILES string of the molecule is Cc1ccc(C(=O)N(CC(=O)O)CC2CC2)cc1C. The molecular weight excluding hydrogens is 242 g/mol. The van der Waals surface area contributed by atoms with Crippen molar-refractivity contribution in [2.45, 2.75) is 26.7 Å². The molecule has 1 aliphatic rings. The van der Waals surface area contributed by atoms with Gasteiger partial charge in [0.15, 0.2) is 0 Å². The maximum absolute atomic E-state index is 12.4. The summed E-state index contributed by atoms with van der Waals surface area (Å²) in [4.78, 5) is 24.7. The summed E-state index contributed by atoms with van der Waals surface area (Å²) in [6.07, 6.45) is 2.19. The van der Waals surface area contributed by atoms with Crippen molar-refractivity contribution in [2.75, 3.05) is 13.1 Å². The molecule has 0 aliphatic heterocycles. The molecule has 1 N–H and O–H groups in total. The summed E-state index contributed by atoms with van der Waals surface area (Å²) in [5.41, 5.74) is 2.75. The minimum absolute atomic E-state index is 0.183. The van der Waals surface area contributed by atoms with Crippen molar-refractivity contribution in [1.29, 1.82) is 0 Å².